The molecule has 0 unspecified atom stereocenters. The molecule has 0 amide bonds. The van der Waals surface area contributed by atoms with E-state index in [1.165, 1.54) is 0 Å². The van der Waals surface area contributed by atoms with Crippen molar-refractivity contribution in [2.24, 2.45) is 5.73 Å². The van der Waals surface area contributed by atoms with E-state index in [1.807, 2.05) is 30.3 Å². The predicted octanol–water partition coefficient (Wildman–Crippen LogP) is 2.60. The van der Waals surface area contributed by atoms with Crippen LogP contribution in [0.4, 0.5) is 0 Å². The second-order valence-electron chi connectivity index (χ2n) is 4.91. The Kier molecular flexibility index (Phi) is 11.1. The zero-order valence-electron chi connectivity index (χ0n) is 12.8. The third kappa shape index (κ3) is 9.37. The molecule has 1 aromatic rings. The molecule has 0 saturated carbocycles. The summed E-state index contributed by atoms with van der Waals surface area (Å²) in [6.45, 7) is 2.25. The predicted molar refractivity (Wildman–Crippen MR) is 86.6 cm³/mol. The topological polar surface area (TPSA) is 78.6 Å². The standard InChI is InChI=1S/C16H23NO4.ClH/c1-13(17)16(19)20-11-7-3-6-10-15(18)21-12-14-8-4-2-5-9-14;/h2,4-5,8-9,13H,3,6-7,10-12,17H2,1H3;1H/t13-;/m0./s1. The molecule has 0 aromatic heterocycles. The molecule has 6 heteroatoms. The maximum absolute atomic E-state index is 11.5. The van der Waals surface area contributed by atoms with Crippen molar-refractivity contribution in [2.45, 2.75) is 45.3 Å². The molecule has 1 aromatic carbocycles. The van der Waals surface area contributed by atoms with Gasteiger partial charge in [-0.1, -0.05) is 30.3 Å². The number of benzene rings is 1. The van der Waals surface area contributed by atoms with Gasteiger partial charge in [0.1, 0.15) is 12.6 Å². The minimum Gasteiger partial charge on any atom is -0.465 e. The van der Waals surface area contributed by atoms with Gasteiger partial charge >= 0.3 is 11.9 Å². The van der Waals surface area contributed by atoms with Crippen molar-refractivity contribution in [3.05, 3.63) is 35.9 Å². The summed E-state index contributed by atoms with van der Waals surface area (Å²) in [5, 5.41) is 0. The smallest absolute Gasteiger partial charge is 0.322 e. The van der Waals surface area contributed by atoms with Crippen molar-refractivity contribution in [3.8, 4) is 0 Å². The fourth-order valence-electron chi connectivity index (χ4n) is 1.66. The molecule has 0 aliphatic rings. The molecule has 1 atom stereocenters. The number of halogens is 1. The number of carbonyl (C=O) groups excluding carboxylic acids is 2. The van der Waals surface area contributed by atoms with E-state index in [0.29, 0.717) is 19.6 Å². The third-order valence-corrected chi connectivity index (χ3v) is 2.88. The van der Waals surface area contributed by atoms with E-state index in [4.69, 9.17) is 15.2 Å². The molecule has 0 radical (unpaired) electrons. The molecule has 0 fully saturated rings. The molecule has 1 rings (SSSR count). The van der Waals surface area contributed by atoms with E-state index >= 15 is 0 Å². The van der Waals surface area contributed by atoms with E-state index in [2.05, 4.69) is 0 Å². The van der Waals surface area contributed by atoms with Gasteiger partial charge in [0, 0.05) is 6.42 Å². The van der Waals surface area contributed by atoms with Crippen LogP contribution in [-0.2, 0) is 25.7 Å². The van der Waals surface area contributed by atoms with Gasteiger partial charge in [0.15, 0.2) is 0 Å². The monoisotopic (exact) mass is 329 g/mol. The van der Waals surface area contributed by atoms with Crippen LogP contribution in [0.3, 0.4) is 0 Å². The Morgan fingerprint density at radius 2 is 1.77 bits per heavy atom. The highest BCUT2D eigenvalue weighted by Gasteiger charge is 2.08. The number of nitrogens with two attached hydrogens (primary N) is 1. The Bertz CT molecular complexity index is 437. The summed E-state index contributed by atoms with van der Waals surface area (Å²) in [6.07, 6.45) is 2.65. The molecular formula is C16H24ClNO4. The van der Waals surface area contributed by atoms with Gasteiger partial charge < -0.3 is 15.2 Å². The first-order valence-corrected chi connectivity index (χ1v) is 7.21. The Hall–Kier alpha value is -1.59. The Morgan fingerprint density at radius 1 is 1.09 bits per heavy atom. The first-order valence-electron chi connectivity index (χ1n) is 7.21. The van der Waals surface area contributed by atoms with Gasteiger partial charge in [-0.2, -0.15) is 0 Å². The van der Waals surface area contributed by atoms with Crippen LogP contribution in [0.15, 0.2) is 30.3 Å². The van der Waals surface area contributed by atoms with Crippen LogP contribution >= 0.6 is 12.4 Å². The molecular weight excluding hydrogens is 306 g/mol. The van der Waals surface area contributed by atoms with Crippen LogP contribution in [0.25, 0.3) is 0 Å². The van der Waals surface area contributed by atoms with Gasteiger partial charge in [0.25, 0.3) is 0 Å². The number of hydrogen-bond acceptors (Lipinski definition) is 5. The lowest BCUT2D eigenvalue weighted by Gasteiger charge is -2.07. The van der Waals surface area contributed by atoms with E-state index in [9.17, 15) is 9.59 Å². The number of esters is 2. The van der Waals surface area contributed by atoms with Crippen LogP contribution in [0.5, 0.6) is 0 Å². The van der Waals surface area contributed by atoms with Crippen LogP contribution in [0.1, 0.15) is 38.2 Å². The molecule has 5 nitrogen and oxygen atoms in total. The van der Waals surface area contributed by atoms with Crippen molar-refractivity contribution >= 4 is 24.3 Å². The fraction of sp³-hybridized carbons (Fsp3) is 0.500. The SMILES string of the molecule is C[C@H](N)C(=O)OCCCCCC(=O)OCc1ccccc1.Cl. The molecule has 22 heavy (non-hydrogen) atoms. The minimum atomic E-state index is -0.585. The number of ether oxygens (including phenoxy) is 2. The molecule has 0 bridgehead atoms. The van der Waals surface area contributed by atoms with Gasteiger partial charge in [-0.3, -0.25) is 9.59 Å². The quantitative estimate of drug-likeness (QED) is 0.556. The Morgan fingerprint density at radius 3 is 2.41 bits per heavy atom. The molecule has 124 valence electrons. The summed E-state index contributed by atoms with van der Waals surface area (Å²) >= 11 is 0. The van der Waals surface area contributed by atoms with Gasteiger partial charge in [0.05, 0.1) is 6.61 Å². The lowest BCUT2D eigenvalue weighted by atomic mass is 10.2. The van der Waals surface area contributed by atoms with E-state index in [1.54, 1.807) is 6.92 Å². The van der Waals surface area contributed by atoms with Crippen molar-refractivity contribution in [1.29, 1.82) is 0 Å². The molecule has 0 aliphatic heterocycles. The second-order valence-corrected chi connectivity index (χ2v) is 4.91. The van der Waals surface area contributed by atoms with Crippen molar-refractivity contribution in [2.75, 3.05) is 6.61 Å². The first-order chi connectivity index (χ1) is 10.1. The van der Waals surface area contributed by atoms with E-state index in [0.717, 1.165) is 24.8 Å². The maximum Gasteiger partial charge on any atom is 0.322 e. The van der Waals surface area contributed by atoms with Crippen molar-refractivity contribution < 1.29 is 19.1 Å². The second kappa shape index (κ2) is 12.0. The van der Waals surface area contributed by atoms with Gasteiger partial charge in [-0.25, -0.2) is 0 Å². The fourth-order valence-corrected chi connectivity index (χ4v) is 1.66. The zero-order valence-corrected chi connectivity index (χ0v) is 13.6. The van der Waals surface area contributed by atoms with Gasteiger partial charge in [-0.15, -0.1) is 12.4 Å². The highest BCUT2D eigenvalue weighted by atomic mass is 35.5. The Labute approximate surface area is 137 Å². The summed E-state index contributed by atoms with van der Waals surface area (Å²) in [4.78, 5) is 22.6. The van der Waals surface area contributed by atoms with Crippen LogP contribution in [0.2, 0.25) is 0 Å². The van der Waals surface area contributed by atoms with E-state index < -0.39 is 12.0 Å². The normalized spacial score (nSPS) is 11.2. The number of unbranched alkanes of at least 4 members (excludes halogenated alkanes) is 2. The lowest BCUT2D eigenvalue weighted by molar-refractivity contribution is -0.146. The maximum atomic E-state index is 11.5. The van der Waals surface area contributed by atoms with Crippen molar-refractivity contribution in [1.82, 2.24) is 0 Å². The molecule has 0 saturated heterocycles. The first kappa shape index (κ1) is 20.4. The summed E-state index contributed by atoms with van der Waals surface area (Å²) in [6, 6.07) is 8.99. The zero-order chi connectivity index (χ0) is 15.5. The highest BCUT2D eigenvalue weighted by molar-refractivity contribution is 5.85. The third-order valence-electron chi connectivity index (χ3n) is 2.88. The number of rotatable bonds is 9. The van der Waals surface area contributed by atoms with E-state index in [-0.39, 0.29) is 18.4 Å². The van der Waals surface area contributed by atoms with Crippen LogP contribution in [-0.4, -0.2) is 24.6 Å². The van der Waals surface area contributed by atoms with Crippen LogP contribution < -0.4 is 5.73 Å². The molecule has 0 spiro atoms. The molecule has 0 aliphatic carbocycles. The number of hydrogen-bond donors (Lipinski definition) is 1. The van der Waals surface area contributed by atoms with Gasteiger partial charge in [0.2, 0.25) is 0 Å². The average Bonchev–Trinajstić information content (AvgIpc) is 2.49. The lowest BCUT2D eigenvalue weighted by Crippen LogP contribution is -2.28. The highest BCUT2D eigenvalue weighted by Crippen LogP contribution is 2.05. The van der Waals surface area contributed by atoms with Crippen LogP contribution in [0, 0.1) is 0 Å². The summed E-state index contributed by atoms with van der Waals surface area (Å²) in [5.41, 5.74) is 6.34. The average molecular weight is 330 g/mol. The summed E-state index contributed by atoms with van der Waals surface area (Å²) < 4.78 is 10.1. The largest absolute Gasteiger partial charge is 0.465 e. The minimum absolute atomic E-state index is 0. The number of carbonyl (C=O) groups is 2. The summed E-state index contributed by atoms with van der Waals surface area (Å²) in [7, 11) is 0. The summed E-state index contributed by atoms with van der Waals surface area (Å²) in [5.74, 6) is -0.594. The van der Waals surface area contributed by atoms with Crippen molar-refractivity contribution in [3.63, 3.8) is 0 Å². The molecule has 2 N–H and O–H groups in total. The Balaban J connectivity index is 0.00000441. The molecule has 0 heterocycles. The van der Waals surface area contributed by atoms with Gasteiger partial charge in [-0.05, 0) is 31.7 Å².